The molecule has 0 aliphatic heterocycles. The fourth-order valence-electron chi connectivity index (χ4n) is 3.54. The number of H-pyrrole nitrogens is 1. The molecule has 144 valence electrons. The first-order valence-electron chi connectivity index (χ1n) is 8.91. The molecule has 0 saturated heterocycles. The Labute approximate surface area is 172 Å². The third kappa shape index (κ3) is 2.73. The minimum Gasteiger partial charge on any atom is -0.298 e. The summed E-state index contributed by atoms with van der Waals surface area (Å²) in [7, 11) is 1.62. The van der Waals surface area contributed by atoms with Crippen LogP contribution in [0.4, 0.5) is 0 Å². The minimum absolute atomic E-state index is 0.372. The summed E-state index contributed by atoms with van der Waals surface area (Å²) < 4.78 is 5.94. The predicted octanol–water partition coefficient (Wildman–Crippen LogP) is 2.55. The molecule has 8 nitrogen and oxygen atoms in total. The number of fused-ring (bicyclic) bond motifs is 3. The van der Waals surface area contributed by atoms with E-state index in [1.807, 2.05) is 54.6 Å². The maximum Gasteiger partial charge on any atom is 0.329 e. The van der Waals surface area contributed by atoms with E-state index in [-0.39, 0.29) is 0 Å². The summed E-state index contributed by atoms with van der Waals surface area (Å²) in [6, 6.07) is 17.4. The van der Waals surface area contributed by atoms with E-state index in [1.165, 1.54) is 4.57 Å². The lowest BCUT2D eigenvalue weighted by Gasteiger charge is -2.05. The van der Waals surface area contributed by atoms with Gasteiger partial charge in [-0.25, -0.2) is 9.20 Å². The van der Waals surface area contributed by atoms with E-state index in [0.717, 1.165) is 15.6 Å². The first kappa shape index (κ1) is 17.6. The second-order valence-corrected chi connectivity index (χ2v) is 7.64. The van der Waals surface area contributed by atoms with Crippen LogP contribution in [0, 0.1) is 0 Å². The molecule has 0 unspecified atom stereocenters. The van der Waals surface area contributed by atoms with Crippen molar-refractivity contribution in [2.75, 3.05) is 0 Å². The Morgan fingerprint density at radius 3 is 2.45 bits per heavy atom. The molecule has 2 aromatic carbocycles. The van der Waals surface area contributed by atoms with Crippen LogP contribution in [-0.4, -0.2) is 28.7 Å². The summed E-state index contributed by atoms with van der Waals surface area (Å²) in [5.41, 5.74) is 1.72. The third-order valence-corrected chi connectivity index (χ3v) is 5.45. The Morgan fingerprint density at radius 2 is 1.72 bits per heavy atom. The third-order valence-electron chi connectivity index (χ3n) is 4.92. The Balaban J connectivity index is 1.88. The van der Waals surface area contributed by atoms with Gasteiger partial charge >= 0.3 is 5.69 Å². The topological polar surface area (TPSA) is 90.0 Å². The summed E-state index contributed by atoms with van der Waals surface area (Å²) in [6.07, 6.45) is 0. The molecule has 1 N–H and O–H groups in total. The number of nitrogens with one attached hydrogen (secondary N) is 1. The summed E-state index contributed by atoms with van der Waals surface area (Å²) in [5.74, 6) is 1.06. The Kier molecular flexibility index (Phi) is 3.99. The number of rotatable bonds is 3. The van der Waals surface area contributed by atoms with E-state index >= 15 is 0 Å². The molecule has 0 radical (unpaired) electrons. The fourth-order valence-corrected chi connectivity index (χ4v) is 3.80. The zero-order valence-corrected chi connectivity index (χ0v) is 16.9. The highest BCUT2D eigenvalue weighted by molar-refractivity contribution is 9.10. The maximum atomic E-state index is 12.8. The molecule has 29 heavy (non-hydrogen) atoms. The number of nitrogens with zero attached hydrogens (tertiary/aromatic N) is 5. The Hall–Kier alpha value is -3.46. The van der Waals surface area contributed by atoms with Crippen molar-refractivity contribution >= 4 is 32.9 Å². The lowest BCUT2D eigenvalue weighted by Crippen LogP contribution is -2.29. The monoisotopic (exact) mass is 450 g/mol. The fraction of sp³-hybridized carbons (Fsp3) is 0.100. The van der Waals surface area contributed by atoms with Crippen molar-refractivity contribution in [3.63, 3.8) is 0 Å². The number of aromatic nitrogens is 6. The molecule has 3 heterocycles. The number of hydrogen-bond donors (Lipinski definition) is 1. The van der Waals surface area contributed by atoms with Gasteiger partial charge in [-0.05, 0) is 17.7 Å². The summed E-state index contributed by atoms with van der Waals surface area (Å²) in [6.45, 7) is 0.411. The van der Waals surface area contributed by atoms with E-state index in [2.05, 4.69) is 31.1 Å². The predicted molar refractivity (Wildman–Crippen MR) is 113 cm³/mol. The van der Waals surface area contributed by atoms with Crippen molar-refractivity contribution in [2.24, 2.45) is 7.05 Å². The van der Waals surface area contributed by atoms with Gasteiger partial charge < -0.3 is 0 Å². The van der Waals surface area contributed by atoms with Gasteiger partial charge in [-0.3, -0.25) is 18.9 Å². The molecule has 0 bridgehead atoms. The van der Waals surface area contributed by atoms with Gasteiger partial charge in [0.1, 0.15) is 0 Å². The molecule has 9 heteroatoms. The average molecular weight is 451 g/mol. The number of halogens is 1. The van der Waals surface area contributed by atoms with Crippen LogP contribution < -0.4 is 11.2 Å². The smallest absolute Gasteiger partial charge is 0.298 e. The summed E-state index contributed by atoms with van der Waals surface area (Å²) in [5, 5.41) is 8.71. The minimum atomic E-state index is -0.488. The van der Waals surface area contributed by atoms with E-state index in [4.69, 9.17) is 0 Å². The van der Waals surface area contributed by atoms with Gasteiger partial charge in [0.25, 0.3) is 5.56 Å². The van der Waals surface area contributed by atoms with Crippen molar-refractivity contribution < 1.29 is 0 Å². The van der Waals surface area contributed by atoms with Crippen molar-refractivity contribution in [1.29, 1.82) is 0 Å². The molecule has 0 atom stereocenters. The average Bonchev–Trinajstić information content (AvgIpc) is 3.28. The number of benzene rings is 2. The Bertz CT molecular complexity index is 1480. The van der Waals surface area contributed by atoms with Crippen molar-refractivity contribution in [2.45, 2.75) is 6.54 Å². The first-order valence-corrected chi connectivity index (χ1v) is 9.70. The lowest BCUT2D eigenvalue weighted by atomic mass is 10.2. The van der Waals surface area contributed by atoms with Crippen LogP contribution >= 0.6 is 15.9 Å². The van der Waals surface area contributed by atoms with E-state index in [0.29, 0.717) is 29.3 Å². The molecule has 0 amide bonds. The molecule has 5 aromatic rings. The number of hydrogen-bond acceptors (Lipinski definition) is 4. The van der Waals surface area contributed by atoms with E-state index < -0.39 is 11.2 Å². The van der Waals surface area contributed by atoms with Gasteiger partial charge in [0, 0.05) is 17.1 Å². The van der Waals surface area contributed by atoms with Crippen LogP contribution in [-0.2, 0) is 13.6 Å². The van der Waals surface area contributed by atoms with E-state index in [1.54, 1.807) is 16.0 Å². The SMILES string of the molecule is Cn1c(=O)[nH]c(=O)c2c1n1c(-c3ccccc3)nnc1n2Cc1ccc(Br)cc1. The number of imidazole rings is 1. The Morgan fingerprint density at radius 1 is 1.00 bits per heavy atom. The van der Waals surface area contributed by atoms with Crippen LogP contribution in [0.1, 0.15) is 5.56 Å². The standard InChI is InChI=1S/C20H15BrN6O2/c1-25-18-15(17(28)22-20(25)29)26(11-12-7-9-14(21)10-8-12)19-24-23-16(27(18)19)13-5-3-2-4-6-13/h2-10H,11H2,1H3,(H,22,28,29). The van der Waals surface area contributed by atoms with Gasteiger partial charge in [-0.15, -0.1) is 10.2 Å². The molecule has 0 saturated carbocycles. The highest BCUT2D eigenvalue weighted by Crippen LogP contribution is 2.25. The van der Waals surface area contributed by atoms with Gasteiger partial charge in [-0.1, -0.05) is 58.4 Å². The number of aromatic amines is 1. The zero-order chi connectivity index (χ0) is 20.1. The molecule has 3 aromatic heterocycles. The van der Waals surface area contributed by atoms with Gasteiger partial charge in [0.15, 0.2) is 17.0 Å². The molecular weight excluding hydrogens is 436 g/mol. The van der Waals surface area contributed by atoms with E-state index in [9.17, 15) is 9.59 Å². The van der Waals surface area contributed by atoms with Gasteiger partial charge in [0.2, 0.25) is 5.78 Å². The second-order valence-electron chi connectivity index (χ2n) is 6.73. The molecule has 0 aliphatic carbocycles. The highest BCUT2D eigenvalue weighted by atomic mass is 79.9. The van der Waals surface area contributed by atoms with Crippen LogP contribution in [0.2, 0.25) is 0 Å². The van der Waals surface area contributed by atoms with Gasteiger partial charge in [-0.2, -0.15) is 0 Å². The van der Waals surface area contributed by atoms with Crippen molar-refractivity contribution in [3.8, 4) is 11.4 Å². The normalized spacial score (nSPS) is 11.5. The lowest BCUT2D eigenvalue weighted by molar-refractivity contribution is 0.809. The largest absolute Gasteiger partial charge is 0.329 e. The zero-order valence-electron chi connectivity index (χ0n) is 15.3. The second kappa shape index (κ2) is 6.56. The maximum absolute atomic E-state index is 12.8. The highest BCUT2D eigenvalue weighted by Gasteiger charge is 2.22. The van der Waals surface area contributed by atoms with Crippen LogP contribution in [0.25, 0.3) is 28.3 Å². The number of aryl methyl sites for hydroxylation is 1. The first-order chi connectivity index (χ1) is 14.0. The quantitative estimate of drug-likeness (QED) is 0.457. The van der Waals surface area contributed by atoms with Crippen LogP contribution in [0.15, 0.2) is 68.7 Å². The molecule has 0 fully saturated rings. The van der Waals surface area contributed by atoms with Crippen LogP contribution in [0.5, 0.6) is 0 Å². The van der Waals surface area contributed by atoms with Crippen LogP contribution in [0.3, 0.4) is 0 Å². The molecule has 0 spiro atoms. The summed E-state index contributed by atoms with van der Waals surface area (Å²) in [4.78, 5) is 27.5. The van der Waals surface area contributed by atoms with Crippen molar-refractivity contribution in [1.82, 2.24) is 28.7 Å². The van der Waals surface area contributed by atoms with Gasteiger partial charge in [0.05, 0.1) is 6.54 Å². The van der Waals surface area contributed by atoms with Crippen molar-refractivity contribution in [3.05, 3.63) is 85.5 Å². The summed E-state index contributed by atoms with van der Waals surface area (Å²) >= 11 is 3.43. The molecule has 5 rings (SSSR count). The molecule has 0 aliphatic rings. The molecular formula is C20H15BrN6O2.